The van der Waals surface area contributed by atoms with Crippen molar-refractivity contribution >= 4 is 11.8 Å². The molecule has 2 N–H and O–H groups in total. The Morgan fingerprint density at radius 1 is 0.865 bits per heavy atom. The van der Waals surface area contributed by atoms with E-state index in [1.54, 1.807) is 0 Å². The minimum absolute atomic E-state index is 0.0271. The summed E-state index contributed by atoms with van der Waals surface area (Å²) in [6.07, 6.45) is -3.06. The first-order valence-corrected chi connectivity index (χ1v) is 17.9. The highest BCUT2D eigenvalue weighted by molar-refractivity contribution is 5.90. The van der Waals surface area contributed by atoms with Gasteiger partial charge in [-0.25, -0.2) is 0 Å². The highest BCUT2D eigenvalue weighted by Crippen LogP contribution is 2.40. The largest absolute Gasteiger partial charge is 0.471 e. The molecule has 13 heteroatoms. The number of amides is 2. The molecular formula is C39H44F3N3O7. The highest BCUT2D eigenvalue weighted by Gasteiger charge is 2.47. The fourth-order valence-electron chi connectivity index (χ4n) is 7.63. The zero-order valence-electron chi connectivity index (χ0n) is 28.9. The van der Waals surface area contributed by atoms with E-state index in [1.165, 1.54) is 0 Å². The fourth-order valence-corrected chi connectivity index (χ4v) is 7.63. The van der Waals surface area contributed by atoms with E-state index >= 15 is 0 Å². The van der Waals surface area contributed by atoms with E-state index in [1.807, 2.05) is 72.8 Å². The number of likely N-dealkylation sites (tertiary alicyclic amines) is 2. The molecule has 3 aromatic carbocycles. The molecule has 0 unspecified atom stereocenters. The van der Waals surface area contributed by atoms with Gasteiger partial charge in [-0.05, 0) is 46.7 Å². The summed E-state index contributed by atoms with van der Waals surface area (Å²) >= 11 is 0. The molecule has 4 heterocycles. The van der Waals surface area contributed by atoms with E-state index in [0.29, 0.717) is 31.0 Å². The number of ether oxygens (including phenoxy) is 4. The Labute approximate surface area is 300 Å². The molecule has 2 amide bonds. The fraction of sp³-hybridized carbons (Fsp3) is 0.487. The summed E-state index contributed by atoms with van der Waals surface area (Å²) in [5.41, 5.74) is 5.33. The van der Waals surface area contributed by atoms with Crippen LogP contribution in [0.25, 0.3) is 11.1 Å². The average Bonchev–Trinajstić information content (AvgIpc) is 3.85. The van der Waals surface area contributed by atoms with Crippen molar-refractivity contribution in [3.05, 3.63) is 95.1 Å². The maximum Gasteiger partial charge on any atom is 0.471 e. The first-order chi connectivity index (χ1) is 25.1. The Kier molecular flexibility index (Phi) is 11.0. The molecule has 0 radical (unpaired) electrons. The third-order valence-electron chi connectivity index (χ3n) is 10.5. The van der Waals surface area contributed by atoms with Crippen molar-refractivity contribution in [3.8, 4) is 11.1 Å². The van der Waals surface area contributed by atoms with Gasteiger partial charge in [-0.3, -0.25) is 9.59 Å². The second kappa shape index (κ2) is 15.6. The van der Waals surface area contributed by atoms with Crippen LogP contribution in [0, 0.1) is 0 Å². The van der Waals surface area contributed by atoms with E-state index in [4.69, 9.17) is 18.9 Å². The first-order valence-electron chi connectivity index (χ1n) is 17.9. The van der Waals surface area contributed by atoms with Crippen LogP contribution in [-0.4, -0.2) is 90.2 Å². The molecule has 1 spiro atoms. The molecule has 278 valence electrons. The molecule has 4 saturated heterocycles. The Morgan fingerprint density at radius 2 is 1.58 bits per heavy atom. The van der Waals surface area contributed by atoms with Crippen LogP contribution in [0.15, 0.2) is 72.8 Å². The summed E-state index contributed by atoms with van der Waals surface area (Å²) in [6, 6.07) is 22.2. The normalized spacial score (nSPS) is 25.0. The highest BCUT2D eigenvalue weighted by atomic mass is 19.4. The number of piperidine rings is 1. The number of alkyl halides is 3. The molecule has 0 saturated carbocycles. The van der Waals surface area contributed by atoms with Gasteiger partial charge in [0.15, 0.2) is 12.1 Å². The summed E-state index contributed by atoms with van der Waals surface area (Å²) in [7, 11) is 0. The predicted molar refractivity (Wildman–Crippen MR) is 183 cm³/mol. The molecule has 3 aromatic rings. The van der Waals surface area contributed by atoms with Gasteiger partial charge in [0.2, 0.25) is 5.91 Å². The number of rotatable bonds is 9. The number of nitrogens with zero attached hydrogens (tertiary/aromatic N) is 2. The number of hydrogen-bond acceptors (Lipinski definition) is 8. The van der Waals surface area contributed by atoms with Gasteiger partial charge in [0.1, 0.15) is 6.04 Å². The first kappa shape index (κ1) is 36.5. The molecule has 0 aromatic heterocycles. The zero-order chi connectivity index (χ0) is 36.3. The minimum atomic E-state index is -5.02. The van der Waals surface area contributed by atoms with Gasteiger partial charge in [0, 0.05) is 57.5 Å². The van der Waals surface area contributed by atoms with Crippen LogP contribution < -0.4 is 5.32 Å². The SMILES string of the molecule is O=C(NCc1cccc(-c2ccc([C@@H]3O[C@H](CN4CCC5(CC4)OCCO5)C[C@H](c4ccc(CO)cc4)O3)cc2)c1)[C@@H]1CCCN1C(=O)C(F)(F)F. The number of carbonyl (C=O) groups is 2. The second-order valence-corrected chi connectivity index (χ2v) is 14.0. The van der Waals surface area contributed by atoms with Gasteiger partial charge in [-0.2, -0.15) is 13.2 Å². The van der Waals surface area contributed by atoms with Gasteiger partial charge >= 0.3 is 12.1 Å². The summed E-state index contributed by atoms with van der Waals surface area (Å²) in [4.78, 5) is 27.6. The van der Waals surface area contributed by atoms with Gasteiger partial charge < -0.3 is 39.2 Å². The van der Waals surface area contributed by atoms with Crippen molar-refractivity contribution in [1.29, 1.82) is 0 Å². The zero-order valence-corrected chi connectivity index (χ0v) is 28.9. The number of benzene rings is 3. The second-order valence-electron chi connectivity index (χ2n) is 14.0. The minimum Gasteiger partial charge on any atom is -0.392 e. The maximum absolute atomic E-state index is 13.0. The Hall–Kier alpha value is -3.85. The number of halogens is 3. The van der Waals surface area contributed by atoms with Crippen molar-refractivity contribution in [2.75, 3.05) is 39.4 Å². The number of nitrogens with one attached hydrogen (secondary N) is 1. The van der Waals surface area contributed by atoms with Gasteiger partial charge in [0.05, 0.1) is 32.0 Å². The third kappa shape index (κ3) is 8.35. The lowest BCUT2D eigenvalue weighted by Crippen LogP contribution is -2.50. The van der Waals surface area contributed by atoms with E-state index in [2.05, 4.69) is 10.2 Å². The Bertz CT molecular complexity index is 1690. The molecule has 52 heavy (non-hydrogen) atoms. The van der Waals surface area contributed by atoms with Crippen molar-refractivity contribution in [2.24, 2.45) is 0 Å². The number of aliphatic hydroxyl groups is 1. The van der Waals surface area contributed by atoms with E-state index in [0.717, 1.165) is 65.9 Å². The third-order valence-corrected chi connectivity index (χ3v) is 10.5. The smallest absolute Gasteiger partial charge is 0.392 e. The molecule has 10 nitrogen and oxygen atoms in total. The molecule has 4 atom stereocenters. The summed E-state index contributed by atoms with van der Waals surface area (Å²) in [5, 5.41) is 12.3. The number of aliphatic hydroxyl groups excluding tert-OH is 1. The molecule has 0 bridgehead atoms. The standard InChI is InChI=1S/C39H44F3N3O7/c40-39(41,42)37(48)45-16-2-5-33(45)35(47)43-23-27-3-1-4-31(21-27)28-10-12-30(13-11-28)36-51-32(22-34(52-36)29-8-6-26(25-46)7-9-29)24-44-17-14-38(15-18-44)49-19-20-50-38/h1,3-4,6-13,21,32-34,36,46H,2,5,14-20,22-25H2,(H,43,47)/t32-,33-,34+,36+/m0/s1. The maximum atomic E-state index is 13.0. The molecule has 0 aliphatic carbocycles. The van der Waals surface area contributed by atoms with Crippen LogP contribution >= 0.6 is 0 Å². The lowest BCUT2D eigenvalue weighted by atomic mass is 9.98. The topological polar surface area (TPSA) is 110 Å². The van der Waals surface area contributed by atoms with Crippen LogP contribution in [0.5, 0.6) is 0 Å². The van der Waals surface area contributed by atoms with Crippen LogP contribution in [0.4, 0.5) is 13.2 Å². The van der Waals surface area contributed by atoms with E-state index in [9.17, 15) is 27.9 Å². The van der Waals surface area contributed by atoms with Gasteiger partial charge in [-0.1, -0.05) is 66.7 Å². The molecule has 7 rings (SSSR count). The lowest BCUT2D eigenvalue weighted by molar-refractivity contribution is -0.255. The van der Waals surface area contributed by atoms with E-state index < -0.39 is 36.1 Å². The predicted octanol–water partition coefficient (Wildman–Crippen LogP) is 5.40. The van der Waals surface area contributed by atoms with Crippen molar-refractivity contribution in [1.82, 2.24) is 15.1 Å². The van der Waals surface area contributed by atoms with Gasteiger partial charge in [-0.15, -0.1) is 0 Å². The summed E-state index contributed by atoms with van der Waals surface area (Å²) in [6.45, 7) is 3.74. The van der Waals surface area contributed by atoms with E-state index in [-0.39, 0.29) is 38.3 Å². The molecule has 4 fully saturated rings. The van der Waals surface area contributed by atoms with Gasteiger partial charge in [0.25, 0.3) is 0 Å². The van der Waals surface area contributed by atoms with Crippen LogP contribution in [0.1, 0.15) is 66.8 Å². The average molecular weight is 724 g/mol. The molecular weight excluding hydrogens is 679 g/mol. The molecule has 4 aliphatic rings. The van der Waals surface area contributed by atoms with Crippen molar-refractivity contribution < 1.29 is 46.8 Å². The summed E-state index contributed by atoms with van der Waals surface area (Å²) in [5.74, 6) is -3.02. The van der Waals surface area contributed by atoms with Crippen molar-refractivity contribution in [2.45, 2.75) is 81.8 Å². The Balaban J connectivity index is 1.01. The van der Waals surface area contributed by atoms with Crippen LogP contribution in [-0.2, 0) is 41.7 Å². The number of hydrogen-bond donors (Lipinski definition) is 2. The van der Waals surface area contributed by atoms with Crippen LogP contribution in [0.2, 0.25) is 0 Å². The Morgan fingerprint density at radius 3 is 2.27 bits per heavy atom. The number of carbonyl (C=O) groups excluding carboxylic acids is 2. The lowest BCUT2D eigenvalue weighted by Gasteiger charge is -2.41. The molecule has 4 aliphatic heterocycles. The monoisotopic (exact) mass is 723 g/mol. The quantitative estimate of drug-likeness (QED) is 0.302. The summed E-state index contributed by atoms with van der Waals surface area (Å²) < 4.78 is 64.1. The van der Waals surface area contributed by atoms with Crippen LogP contribution in [0.3, 0.4) is 0 Å². The van der Waals surface area contributed by atoms with Crippen molar-refractivity contribution in [3.63, 3.8) is 0 Å².